The summed E-state index contributed by atoms with van der Waals surface area (Å²) in [6.07, 6.45) is 1.13. The maximum Gasteiger partial charge on any atom is 0.162 e. The summed E-state index contributed by atoms with van der Waals surface area (Å²) >= 11 is 7.81. The number of thioether (sulfide) groups is 1. The van der Waals surface area contributed by atoms with Gasteiger partial charge in [0.1, 0.15) is 5.82 Å². The second-order valence-electron chi connectivity index (χ2n) is 11.7. The average molecular weight is 568 g/mol. The van der Waals surface area contributed by atoms with Gasteiger partial charge in [0.05, 0.1) is 17.6 Å². The molecule has 204 valence electrons. The van der Waals surface area contributed by atoms with Crippen LogP contribution in [0.3, 0.4) is 0 Å². The summed E-state index contributed by atoms with van der Waals surface area (Å²) < 4.78 is 0. The first-order valence-electron chi connectivity index (χ1n) is 13.5. The summed E-state index contributed by atoms with van der Waals surface area (Å²) in [6, 6.07) is 22.7. The molecule has 6 heteroatoms. The molecule has 4 nitrogen and oxygen atoms in total. The van der Waals surface area contributed by atoms with Crippen molar-refractivity contribution in [3.8, 4) is 6.07 Å². The van der Waals surface area contributed by atoms with Gasteiger partial charge < -0.3 is 5.73 Å². The lowest BCUT2D eigenvalue weighted by Gasteiger charge is -2.44. The van der Waals surface area contributed by atoms with E-state index in [1.54, 1.807) is 11.8 Å². The molecule has 1 aliphatic heterocycles. The fraction of sp³-hybridized carbons (Fsp3) is 0.294. The molecule has 0 fully saturated rings. The lowest BCUT2D eigenvalue weighted by molar-refractivity contribution is -0.118. The molecule has 0 radical (unpaired) electrons. The minimum Gasteiger partial charge on any atom is -0.384 e. The number of aryl methyl sites for hydroxylation is 3. The second kappa shape index (κ2) is 10.8. The fourth-order valence-corrected chi connectivity index (χ4v) is 7.04. The van der Waals surface area contributed by atoms with Crippen LogP contribution in [-0.2, 0) is 10.5 Å². The Morgan fingerprint density at radius 3 is 2.45 bits per heavy atom. The zero-order valence-electron chi connectivity index (χ0n) is 23.6. The van der Waals surface area contributed by atoms with Crippen molar-refractivity contribution in [3.63, 3.8) is 0 Å². The van der Waals surface area contributed by atoms with Crippen molar-refractivity contribution in [1.29, 1.82) is 5.26 Å². The summed E-state index contributed by atoms with van der Waals surface area (Å²) in [7, 11) is 0. The zero-order valence-corrected chi connectivity index (χ0v) is 25.2. The van der Waals surface area contributed by atoms with Crippen LogP contribution in [0.2, 0.25) is 5.02 Å². The summed E-state index contributed by atoms with van der Waals surface area (Å²) in [5, 5.41) is 11.2. The van der Waals surface area contributed by atoms with Crippen molar-refractivity contribution in [3.05, 3.63) is 116 Å². The summed E-state index contributed by atoms with van der Waals surface area (Å²) in [5.74, 6) is 0.756. The summed E-state index contributed by atoms with van der Waals surface area (Å²) in [4.78, 5) is 17.1. The Bertz CT molecular complexity index is 1610. The minimum absolute atomic E-state index is 0.0891. The van der Waals surface area contributed by atoms with E-state index in [-0.39, 0.29) is 11.2 Å². The number of nitrogens with zero attached hydrogens (tertiary/aromatic N) is 2. The van der Waals surface area contributed by atoms with Crippen molar-refractivity contribution in [2.45, 2.75) is 64.0 Å². The van der Waals surface area contributed by atoms with Crippen molar-refractivity contribution in [1.82, 2.24) is 0 Å². The zero-order chi connectivity index (χ0) is 28.8. The van der Waals surface area contributed by atoms with Gasteiger partial charge in [-0.2, -0.15) is 5.26 Å². The third-order valence-corrected chi connectivity index (χ3v) is 9.20. The first kappa shape index (κ1) is 28.1. The molecule has 0 aromatic heterocycles. The maximum atomic E-state index is 14.0. The molecule has 0 amide bonds. The van der Waals surface area contributed by atoms with Gasteiger partial charge in [-0.25, -0.2) is 0 Å². The van der Waals surface area contributed by atoms with Crippen molar-refractivity contribution in [2.75, 3.05) is 4.90 Å². The molecule has 3 aromatic rings. The molecule has 0 saturated carbocycles. The highest BCUT2D eigenvalue weighted by molar-refractivity contribution is 7.98. The Labute approximate surface area is 246 Å². The van der Waals surface area contributed by atoms with Crippen molar-refractivity contribution in [2.24, 2.45) is 11.1 Å². The van der Waals surface area contributed by atoms with Crippen LogP contribution in [0.15, 0.2) is 88.2 Å². The second-order valence-corrected chi connectivity index (χ2v) is 13.2. The van der Waals surface area contributed by atoms with Crippen LogP contribution < -0.4 is 10.6 Å². The van der Waals surface area contributed by atoms with E-state index in [0.717, 1.165) is 38.7 Å². The highest BCUT2D eigenvalue weighted by Crippen LogP contribution is 2.51. The topological polar surface area (TPSA) is 70.1 Å². The number of carbonyl (C=O) groups excluding carboxylic acids is 1. The van der Waals surface area contributed by atoms with Gasteiger partial charge in [0, 0.05) is 39.0 Å². The van der Waals surface area contributed by atoms with Crippen molar-refractivity contribution >= 4 is 34.8 Å². The Morgan fingerprint density at radius 1 is 1.05 bits per heavy atom. The first-order valence-corrected chi connectivity index (χ1v) is 14.9. The molecule has 1 atom stereocenters. The number of rotatable bonds is 5. The molecule has 1 unspecified atom stereocenters. The normalized spacial score (nSPS) is 18.6. The number of anilines is 1. The average Bonchev–Trinajstić information content (AvgIpc) is 2.88. The summed E-state index contributed by atoms with van der Waals surface area (Å²) in [5.41, 5.74) is 15.0. The van der Waals surface area contributed by atoms with E-state index in [1.807, 2.05) is 54.3 Å². The fourth-order valence-electron chi connectivity index (χ4n) is 5.96. The predicted molar refractivity (Wildman–Crippen MR) is 165 cm³/mol. The van der Waals surface area contributed by atoms with E-state index in [4.69, 9.17) is 17.3 Å². The van der Waals surface area contributed by atoms with E-state index < -0.39 is 5.92 Å². The third kappa shape index (κ3) is 5.31. The SMILES string of the molecule is Cc1cccc(N2C(N)=C(C#N)C(c3cc(CSc4ccc(Cl)cc4)c(C)cc3C)C3=C2CC(C)(C)CC3=O)c1. The Balaban J connectivity index is 1.66. The minimum atomic E-state index is -0.496. The van der Waals surface area contributed by atoms with Crippen LogP contribution in [0.25, 0.3) is 0 Å². The van der Waals surface area contributed by atoms with E-state index in [0.29, 0.717) is 34.8 Å². The highest BCUT2D eigenvalue weighted by atomic mass is 35.5. The molecule has 2 N–H and O–H groups in total. The number of benzene rings is 3. The quantitative estimate of drug-likeness (QED) is 0.313. The number of halogens is 1. The van der Waals surface area contributed by atoms with E-state index in [9.17, 15) is 10.1 Å². The van der Waals surface area contributed by atoms with E-state index in [2.05, 4.69) is 52.0 Å². The van der Waals surface area contributed by atoms with E-state index in [1.165, 1.54) is 11.1 Å². The van der Waals surface area contributed by atoms with Gasteiger partial charge in [-0.05, 0) is 96.8 Å². The van der Waals surface area contributed by atoms with Gasteiger partial charge in [0.15, 0.2) is 5.78 Å². The van der Waals surface area contributed by atoms with Crippen LogP contribution in [-0.4, -0.2) is 5.78 Å². The lowest BCUT2D eigenvalue weighted by Crippen LogP contribution is -2.42. The highest BCUT2D eigenvalue weighted by Gasteiger charge is 2.45. The molecule has 0 bridgehead atoms. The number of allylic oxidation sites excluding steroid dienone is 3. The molecule has 40 heavy (non-hydrogen) atoms. The molecule has 1 aliphatic carbocycles. The molecular formula is C34H34ClN3OS. The standard InChI is InChI=1S/C34H34ClN3OS/c1-20-7-6-8-25(13-20)38-29-16-34(4,5)17-30(39)32(29)31(28(18-36)33(38)37)27-15-23(21(2)14-22(27)3)19-40-26-11-9-24(35)10-12-26/h6-15,31H,16-17,19,37H2,1-5H3. The molecular weight excluding hydrogens is 534 g/mol. The maximum absolute atomic E-state index is 14.0. The van der Waals surface area contributed by atoms with Crippen LogP contribution in [0, 0.1) is 37.5 Å². The molecule has 0 spiro atoms. The monoisotopic (exact) mass is 567 g/mol. The summed E-state index contributed by atoms with van der Waals surface area (Å²) in [6.45, 7) is 10.5. The number of carbonyl (C=O) groups is 1. The van der Waals surface area contributed by atoms with Crippen LogP contribution in [0.4, 0.5) is 5.69 Å². The Hall–Kier alpha value is -3.46. The number of hydrogen-bond acceptors (Lipinski definition) is 5. The molecule has 1 heterocycles. The number of hydrogen-bond donors (Lipinski definition) is 1. The Kier molecular flexibility index (Phi) is 7.61. The van der Waals surface area contributed by atoms with Gasteiger partial charge in [0.25, 0.3) is 0 Å². The predicted octanol–water partition coefficient (Wildman–Crippen LogP) is 8.50. The van der Waals surface area contributed by atoms with Crippen LogP contribution >= 0.6 is 23.4 Å². The van der Waals surface area contributed by atoms with Crippen LogP contribution in [0.5, 0.6) is 0 Å². The van der Waals surface area contributed by atoms with Gasteiger partial charge in [-0.15, -0.1) is 11.8 Å². The number of Topliss-reactive ketones (excluding diaryl/α,β-unsaturated/α-hetero) is 1. The molecule has 0 saturated heterocycles. The molecule has 5 rings (SSSR count). The smallest absolute Gasteiger partial charge is 0.162 e. The largest absolute Gasteiger partial charge is 0.384 e. The third-order valence-electron chi connectivity index (χ3n) is 7.88. The number of nitrogens with two attached hydrogens (primary N) is 1. The molecule has 3 aromatic carbocycles. The van der Waals surface area contributed by atoms with E-state index >= 15 is 0 Å². The number of ketones is 1. The van der Waals surface area contributed by atoms with Gasteiger partial charge in [-0.3, -0.25) is 9.69 Å². The number of nitriles is 1. The first-order chi connectivity index (χ1) is 19.0. The van der Waals surface area contributed by atoms with Gasteiger partial charge in [0.2, 0.25) is 0 Å². The van der Waals surface area contributed by atoms with Gasteiger partial charge >= 0.3 is 0 Å². The van der Waals surface area contributed by atoms with Crippen molar-refractivity contribution < 1.29 is 4.79 Å². The van der Waals surface area contributed by atoms with Gasteiger partial charge in [-0.1, -0.05) is 49.7 Å². The molecule has 2 aliphatic rings. The Morgan fingerprint density at radius 2 is 1.77 bits per heavy atom. The van der Waals surface area contributed by atoms with Crippen LogP contribution in [0.1, 0.15) is 60.4 Å². The lowest BCUT2D eigenvalue weighted by atomic mass is 9.68.